The summed E-state index contributed by atoms with van der Waals surface area (Å²) in [6, 6.07) is 6.05. The number of fused-ring (bicyclic) bond motifs is 1. The summed E-state index contributed by atoms with van der Waals surface area (Å²) in [5.74, 6) is 1.16. The van der Waals surface area contributed by atoms with Gasteiger partial charge in [0.2, 0.25) is 5.88 Å². The van der Waals surface area contributed by atoms with Gasteiger partial charge in [0.25, 0.3) is 0 Å². The lowest BCUT2D eigenvalue weighted by molar-refractivity contribution is -0.113. The van der Waals surface area contributed by atoms with Crippen LogP contribution >= 0.6 is 0 Å². The molecule has 2 aliphatic rings. The zero-order chi connectivity index (χ0) is 23.7. The molecule has 4 heterocycles. The molecule has 0 aliphatic carbocycles. The number of halogens is 1. The Labute approximate surface area is 195 Å². The van der Waals surface area contributed by atoms with Crippen LogP contribution in [-0.4, -0.2) is 67.8 Å². The number of nitrogens with two attached hydrogens (primary N) is 1. The van der Waals surface area contributed by atoms with E-state index in [4.69, 9.17) is 15.2 Å². The van der Waals surface area contributed by atoms with Crippen molar-refractivity contribution in [1.29, 1.82) is 0 Å². The van der Waals surface area contributed by atoms with Gasteiger partial charge in [-0.3, -0.25) is 9.69 Å². The van der Waals surface area contributed by atoms with Crippen molar-refractivity contribution in [1.82, 2.24) is 29.6 Å². The number of ether oxygens (including phenoxy) is 2. The number of carbonyl (C=O) groups excluding carboxylic acids is 1. The van der Waals surface area contributed by atoms with Crippen LogP contribution in [0.2, 0.25) is 0 Å². The number of Topliss-reactive ketones (excluding diaryl/α,β-unsaturated/α-hetero) is 1. The van der Waals surface area contributed by atoms with E-state index in [2.05, 4.69) is 29.6 Å². The van der Waals surface area contributed by atoms with Crippen LogP contribution in [0.25, 0.3) is 17.2 Å². The zero-order valence-electron chi connectivity index (χ0n) is 18.6. The minimum Gasteiger partial charge on any atom is -0.471 e. The molecule has 0 bridgehead atoms. The van der Waals surface area contributed by atoms with E-state index in [9.17, 15) is 9.18 Å². The van der Waals surface area contributed by atoms with Crippen LogP contribution in [0.5, 0.6) is 5.88 Å². The minimum atomic E-state index is -0.383. The monoisotopic (exact) mass is 465 g/mol. The topological polar surface area (TPSA) is 121 Å². The highest BCUT2D eigenvalue weighted by Gasteiger charge is 2.31. The molecule has 0 unspecified atom stereocenters. The minimum absolute atomic E-state index is 0.0897. The average molecular weight is 465 g/mol. The summed E-state index contributed by atoms with van der Waals surface area (Å²) in [5.41, 5.74) is 7.76. The smallest absolute Gasteiger partial charge is 0.232 e. The molecule has 1 fully saturated rings. The van der Waals surface area contributed by atoms with Crippen molar-refractivity contribution in [3.05, 3.63) is 59.4 Å². The highest BCUT2D eigenvalue weighted by Crippen LogP contribution is 2.23. The number of hydrogen-bond acceptors (Lipinski definition) is 9. The van der Waals surface area contributed by atoms with Gasteiger partial charge in [0.1, 0.15) is 23.9 Å². The number of ketones is 1. The number of nitrogens with zero attached hydrogens (tertiary/aromatic N) is 6. The Morgan fingerprint density at radius 1 is 1.18 bits per heavy atom. The third-order valence-electron chi connectivity index (χ3n) is 6.05. The molecule has 2 N–H and O–H groups in total. The van der Waals surface area contributed by atoms with Gasteiger partial charge in [-0.05, 0) is 36.8 Å². The van der Waals surface area contributed by atoms with Crippen LogP contribution in [0.3, 0.4) is 0 Å². The molecule has 2 aromatic heterocycles. The van der Waals surface area contributed by atoms with Crippen LogP contribution in [0.15, 0.2) is 42.2 Å². The molecule has 176 valence electrons. The molecule has 34 heavy (non-hydrogen) atoms. The van der Waals surface area contributed by atoms with E-state index >= 15 is 0 Å². The van der Waals surface area contributed by atoms with E-state index in [0.717, 1.165) is 38.7 Å². The number of aromatic nitrogens is 5. The fourth-order valence-corrected chi connectivity index (χ4v) is 3.94. The molecular weight excluding hydrogens is 441 g/mol. The summed E-state index contributed by atoms with van der Waals surface area (Å²) in [6.07, 6.45) is 3.04. The molecule has 1 saturated heterocycles. The second-order valence-electron chi connectivity index (χ2n) is 8.24. The van der Waals surface area contributed by atoms with Crippen molar-refractivity contribution < 1.29 is 18.7 Å². The summed E-state index contributed by atoms with van der Waals surface area (Å²) < 4.78 is 26.2. The Morgan fingerprint density at radius 3 is 2.62 bits per heavy atom. The quantitative estimate of drug-likeness (QED) is 0.516. The lowest BCUT2D eigenvalue weighted by Gasteiger charge is -2.39. The standard InChI is InChI=1S/C23H24FN7O3/c1-14(32)18(22(25)15-2-4-16(24)5-3-15)13-34-21-9-26-19(8-27-21)23-29-28-20-10-30(6-7-31(20)23)17-11-33-12-17/h2-5,8-9,17H,6-7,10-13,25H2,1H3/b22-18-. The molecule has 0 spiro atoms. The van der Waals surface area contributed by atoms with E-state index in [1.165, 1.54) is 37.4 Å². The number of carbonyl (C=O) groups is 1. The molecule has 1 aromatic carbocycles. The van der Waals surface area contributed by atoms with Crippen molar-refractivity contribution in [2.75, 3.05) is 26.4 Å². The first-order valence-electron chi connectivity index (χ1n) is 10.9. The van der Waals surface area contributed by atoms with Gasteiger partial charge in [-0.1, -0.05) is 0 Å². The number of rotatable bonds is 7. The molecule has 0 amide bonds. The summed E-state index contributed by atoms with van der Waals surface area (Å²) in [7, 11) is 0. The van der Waals surface area contributed by atoms with Gasteiger partial charge in [0.15, 0.2) is 11.6 Å². The number of hydrogen-bond donors (Lipinski definition) is 1. The first-order chi connectivity index (χ1) is 16.5. The average Bonchev–Trinajstić information content (AvgIpc) is 3.22. The van der Waals surface area contributed by atoms with Crippen molar-refractivity contribution >= 4 is 11.5 Å². The fourth-order valence-electron chi connectivity index (χ4n) is 3.94. The Morgan fingerprint density at radius 2 is 1.97 bits per heavy atom. The van der Waals surface area contributed by atoms with E-state index in [0.29, 0.717) is 23.1 Å². The predicted molar refractivity (Wildman–Crippen MR) is 120 cm³/mol. The fraction of sp³-hybridized carbons (Fsp3) is 0.348. The summed E-state index contributed by atoms with van der Waals surface area (Å²) in [6.45, 7) is 5.24. The van der Waals surface area contributed by atoms with E-state index in [1.807, 2.05) is 0 Å². The zero-order valence-corrected chi connectivity index (χ0v) is 18.6. The molecule has 0 saturated carbocycles. The molecular formula is C23H24FN7O3. The van der Waals surface area contributed by atoms with Gasteiger partial charge in [0, 0.05) is 18.8 Å². The van der Waals surface area contributed by atoms with Gasteiger partial charge in [-0.25, -0.2) is 14.4 Å². The van der Waals surface area contributed by atoms with E-state index in [-0.39, 0.29) is 35.4 Å². The van der Waals surface area contributed by atoms with Crippen LogP contribution < -0.4 is 10.5 Å². The summed E-state index contributed by atoms with van der Waals surface area (Å²) in [4.78, 5) is 23.2. The second kappa shape index (κ2) is 9.27. The SMILES string of the molecule is CC(=O)/C(COc1cnc(-c2nnc3n2CCN(C2COC2)C3)cn1)=C(\N)c1ccc(F)cc1. The van der Waals surface area contributed by atoms with Gasteiger partial charge in [0.05, 0.1) is 43.8 Å². The Bertz CT molecular complexity index is 1220. The van der Waals surface area contributed by atoms with Crippen molar-refractivity contribution in [3.63, 3.8) is 0 Å². The Kier molecular flexibility index (Phi) is 6.03. The molecule has 11 heteroatoms. The highest BCUT2D eigenvalue weighted by molar-refractivity contribution is 6.00. The van der Waals surface area contributed by atoms with Gasteiger partial charge in [-0.2, -0.15) is 0 Å². The molecule has 0 radical (unpaired) electrons. The summed E-state index contributed by atoms with van der Waals surface area (Å²) >= 11 is 0. The van der Waals surface area contributed by atoms with Crippen LogP contribution in [-0.2, 0) is 22.6 Å². The van der Waals surface area contributed by atoms with Crippen LogP contribution in [0.4, 0.5) is 4.39 Å². The lowest BCUT2D eigenvalue weighted by Crippen LogP contribution is -2.51. The maximum absolute atomic E-state index is 13.2. The lowest BCUT2D eigenvalue weighted by atomic mass is 10.0. The van der Waals surface area contributed by atoms with Gasteiger partial charge < -0.3 is 19.8 Å². The van der Waals surface area contributed by atoms with Crippen molar-refractivity contribution in [2.24, 2.45) is 5.73 Å². The summed E-state index contributed by atoms with van der Waals surface area (Å²) in [5, 5.41) is 8.64. The third-order valence-corrected chi connectivity index (χ3v) is 6.05. The molecule has 10 nitrogen and oxygen atoms in total. The molecule has 0 atom stereocenters. The van der Waals surface area contributed by atoms with Crippen molar-refractivity contribution in [2.45, 2.75) is 26.1 Å². The van der Waals surface area contributed by atoms with Gasteiger partial charge >= 0.3 is 0 Å². The molecule has 2 aliphatic heterocycles. The highest BCUT2D eigenvalue weighted by atomic mass is 19.1. The number of benzene rings is 1. The van der Waals surface area contributed by atoms with Crippen LogP contribution in [0, 0.1) is 5.82 Å². The first kappa shape index (κ1) is 22.1. The first-order valence-corrected chi connectivity index (χ1v) is 10.9. The second-order valence-corrected chi connectivity index (χ2v) is 8.24. The largest absolute Gasteiger partial charge is 0.471 e. The molecule has 3 aromatic rings. The maximum Gasteiger partial charge on any atom is 0.232 e. The normalized spacial score (nSPS) is 17.0. The Hall–Kier alpha value is -3.70. The van der Waals surface area contributed by atoms with Gasteiger partial charge in [-0.15, -0.1) is 10.2 Å². The maximum atomic E-state index is 13.2. The van der Waals surface area contributed by atoms with E-state index in [1.54, 1.807) is 6.20 Å². The van der Waals surface area contributed by atoms with Crippen molar-refractivity contribution in [3.8, 4) is 17.4 Å². The predicted octanol–water partition coefficient (Wildman–Crippen LogP) is 1.43. The van der Waals surface area contributed by atoms with Crippen LogP contribution in [0.1, 0.15) is 18.3 Å². The molecule has 5 rings (SSSR count). The third kappa shape index (κ3) is 4.39. The van der Waals surface area contributed by atoms with E-state index < -0.39 is 0 Å². The Balaban J connectivity index is 1.28.